The number of hydrogen-bond donors (Lipinski definition) is 1. The molecule has 0 unspecified atom stereocenters. The summed E-state index contributed by atoms with van der Waals surface area (Å²) in [5.74, 6) is -0.781. The third-order valence-corrected chi connectivity index (χ3v) is 1.49. The molecule has 0 spiro atoms. The molecule has 0 heterocycles. The highest BCUT2D eigenvalue weighted by molar-refractivity contribution is 6.94. The van der Waals surface area contributed by atoms with E-state index in [4.69, 9.17) is 16.2 Å². The molecule has 36 valence electrons. The molecule has 0 aromatic rings. The van der Waals surface area contributed by atoms with Crippen molar-refractivity contribution in [1.82, 2.24) is 0 Å². The number of hydrogen-bond acceptors (Lipinski definition) is 1. The highest BCUT2D eigenvalue weighted by atomic mass is 35.6. The van der Waals surface area contributed by atoms with Gasteiger partial charge in [0.1, 0.15) is 8.83 Å². The van der Waals surface area contributed by atoms with Crippen LogP contribution in [0.15, 0.2) is 0 Å². The standard InChI is InChI=1S/C2H5ClO2Si/c3-6-1-2(4)5/h1,6H2,(H,4,5). The monoisotopic (exact) mass is 124 g/mol. The van der Waals surface area contributed by atoms with Gasteiger partial charge < -0.3 is 5.11 Å². The molecule has 0 aliphatic rings. The predicted molar refractivity (Wildman–Crippen MR) is 26.8 cm³/mol. The first-order valence-corrected chi connectivity index (χ1v) is 4.69. The molecule has 0 aliphatic carbocycles. The predicted octanol–water partition coefficient (Wildman–Crippen LogP) is -0.188. The van der Waals surface area contributed by atoms with Crippen LogP contribution in [0.3, 0.4) is 0 Å². The molecule has 0 amide bonds. The number of carbonyl (C=O) groups is 1. The molecule has 0 fully saturated rings. The average molecular weight is 125 g/mol. The Morgan fingerprint density at radius 3 is 2.50 bits per heavy atom. The zero-order valence-corrected chi connectivity index (χ0v) is 5.32. The molecule has 0 aliphatic heterocycles. The fourth-order valence-corrected chi connectivity index (χ4v) is 0.728. The Balaban J connectivity index is 2.83. The Morgan fingerprint density at radius 2 is 2.50 bits per heavy atom. The van der Waals surface area contributed by atoms with Gasteiger partial charge in [0.05, 0.1) is 0 Å². The van der Waals surface area contributed by atoms with Gasteiger partial charge in [-0.1, -0.05) is 0 Å². The zero-order chi connectivity index (χ0) is 4.99. The maximum Gasteiger partial charge on any atom is 0.301 e. The summed E-state index contributed by atoms with van der Waals surface area (Å²) in [6.07, 6.45) is 0. The van der Waals surface area contributed by atoms with E-state index < -0.39 is 14.8 Å². The smallest absolute Gasteiger partial charge is 0.301 e. The Labute approximate surface area is 42.6 Å². The molecule has 0 bridgehead atoms. The molecule has 0 radical (unpaired) electrons. The minimum absolute atomic E-state index is 0.196. The van der Waals surface area contributed by atoms with Crippen molar-refractivity contribution in [2.24, 2.45) is 0 Å². The highest BCUT2D eigenvalue weighted by Crippen LogP contribution is 1.78. The van der Waals surface area contributed by atoms with E-state index in [0.717, 1.165) is 0 Å². The molecule has 0 saturated carbocycles. The minimum Gasteiger partial charge on any atom is -0.481 e. The summed E-state index contributed by atoms with van der Waals surface area (Å²) < 4.78 is 0. The van der Waals surface area contributed by atoms with Crippen LogP contribution in [0.1, 0.15) is 0 Å². The van der Waals surface area contributed by atoms with Crippen molar-refractivity contribution in [3.63, 3.8) is 0 Å². The number of aliphatic carboxylic acids is 1. The Morgan fingerprint density at radius 1 is 2.00 bits per heavy atom. The van der Waals surface area contributed by atoms with Gasteiger partial charge in [0.15, 0.2) is 0 Å². The molecule has 0 aromatic carbocycles. The first-order chi connectivity index (χ1) is 2.77. The van der Waals surface area contributed by atoms with E-state index in [-0.39, 0.29) is 6.04 Å². The van der Waals surface area contributed by atoms with Crippen LogP contribution in [-0.4, -0.2) is 19.9 Å². The van der Waals surface area contributed by atoms with E-state index in [1.54, 1.807) is 0 Å². The number of rotatable bonds is 2. The molecular weight excluding hydrogens is 120 g/mol. The molecule has 0 atom stereocenters. The van der Waals surface area contributed by atoms with Crippen molar-refractivity contribution >= 4 is 25.9 Å². The van der Waals surface area contributed by atoms with Crippen molar-refractivity contribution in [2.75, 3.05) is 0 Å². The largest absolute Gasteiger partial charge is 0.481 e. The molecule has 2 nitrogen and oxygen atoms in total. The summed E-state index contributed by atoms with van der Waals surface area (Å²) in [5, 5.41) is 7.86. The molecule has 1 N–H and O–H groups in total. The molecule has 0 saturated heterocycles. The summed E-state index contributed by atoms with van der Waals surface area (Å²) >= 11 is 5.15. The maximum atomic E-state index is 9.55. The summed E-state index contributed by atoms with van der Waals surface area (Å²) in [5.41, 5.74) is 0. The minimum atomic E-state index is -0.781. The van der Waals surface area contributed by atoms with Crippen molar-refractivity contribution < 1.29 is 9.90 Å². The normalized spacial score (nSPS) is 10.2. The van der Waals surface area contributed by atoms with Gasteiger partial charge in [-0.05, 0) is 0 Å². The highest BCUT2D eigenvalue weighted by Gasteiger charge is 1.90. The van der Waals surface area contributed by atoms with Crippen LogP contribution in [0, 0.1) is 0 Å². The summed E-state index contributed by atoms with van der Waals surface area (Å²) in [4.78, 5) is 9.55. The van der Waals surface area contributed by atoms with Crippen LogP contribution >= 0.6 is 11.1 Å². The summed E-state index contributed by atoms with van der Waals surface area (Å²) in [6.45, 7) is 0. The van der Waals surface area contributed by atoms with Gasteiger partial charge in [-0.25, -0.2) is 0 Å². The molecule has 4 heteroatoms. The van der Waals surface area contributed by atoms with Crippen LogP contribution in [0.25, 0.3) is 0 Å². The average Bonchev–Trinajstić information content (AvgIpc) is 1.35. The Hall–Kier alpha value is -0.0231. The van der Waals surface area contributed by atoms with E-state index in [1.807, 2.05) is 0 Å². The first kappa shape index (κ1) is 5.98. The third kappa shape index (κ3) is 3.98. The zero-order valence-electron chi connectivity index (χ0n) is 3.15. The van der Waals surface area contributed by atoms with Gasteiger partial charge in [0, 0.05) is 6.04 Å². The second-order valence-corrected chi connectivity index (χ2v) is 2.84. The van der Waals surface area contributed by atoms with E-state index in [0.29, 0.717) is 0 Å². The topological polar surface area (TPSA) is 37.3 Å². The molecule has 0 aromatic heterocycles. The van der Waals surface area contributed by atoms with Gasteiger partial charge in [-0.15, -0.1) is 0 Å². The molecule has 0 rings (SSSR count). The second-order valence-electron chi connectivity index (χ2n) is 0.833. The van der Waals surface area contributed by atoms with E-state index >= 15 is 0 Å². The lowest BCUT2D eigenvalue weighted by molar-refractivity contribution is -0.134. The van der Waals surface area contributed by atoms with Crippen molar-refractivity contribution in [2.45, 2.75) is 6.04 Å². The fraction of sp³-hybridized carbons (Fsp3) is 0.500. The van der Waals surface area contributed by atoms with E-state index in [9.17, 15) is 4.79 Å². The summed E-state index contributed by atoms with van der Waals surface area (Å²) in [7, 11) is -0.761. The van der Waals surface area contributed by atoms with E-state index in [1.165, 1.54) is 0 Å². The number of carboxylic acids is 1. The van der Waals surface area contributed by atoms with Crippen molar-refractivity contribution in [3.05, 3.63) is 0 Å². The van der Waals surface area contributed by atoms with Crippen LogP contribution < -0.4 is 0 Å². The molecular formula is C2H5ClO2Si. The van der Waals surface area contributed by atoms with Crippen LogP contribution in [0.5, 0.6) is 0 Å². The lowest BCUT2D eigenvalue weighted by Gasteiger charge is -1.77. The maximum absolute atomic E-state index is 9.55. The Bertz CT molecular complexity index is 55.5. The first-order valence-electron chi connectivity index (χ1n) is 1.55. The quantitative estimate of drug-likeness (QED) is 0.410. The van der Waals surface area contributed by atoms with Gasteiger partial charge >= 0.3 is 5.97 Å². The SMILES string of the molecule is O=C(O)C[SiH2]Cl. The number of halogens is 1. The van der Waals surface area contributed by atoms with Gasteiger partial charge in [0.25, 0.3) is 0 Å². The fourth-order valence-electron chi connectivity index (χ4n) is 0.0808. The Kier molecular flexibility index (Phi) is 3.17. The van der Waals surface area contributed by atoms with Gasteiger partial charge in [0.2, 0.25) is 0 Å². The lowest BCUT2D eigenvalue weighted by Crippen LogP contribution is -1.93. The van der Waals surface area contributed by atoms with Crippen LogP contribution in [0.2, 0.25) is 6.04 Å². The summed E-state index contributed by atoms with van der Waals surface area (Å²) in [6, 6.07) is 0.196. The van der Waals surface area contributed by atoms with Crippen molar-refractivity contribution in [1.29, 1.82) is 0 Å². The van der Waals surface area contributed by atoms with Crippen molar-refractivity contribution in [3.8, 4) is 0 Å². The van der Waals surface area contributed by atoms with Gasteiger partial charge in [-0.3, -0.25) is 4.79 Å². The van der Waals surface area contributed by atoms with Crippen LogP contribution in [-0.2, 0) is 4.79 Å². The van der Waals surface area contributed by atoms with Gasteiger partial charge in [-0.2, -0.15) is 11.1 Å². The third-order valence-electron chi connectivity index (χ3n) is 0.308. The number of carboxylic acid groups (broad SMARTS) is 1. The lowest BCUT2D eigenvalue weighted by atomic mass is 10.8. The molecule has 6 heavy (non-hydrogen) atoms. The van der Waals surface area contributed by atoms with E-state index in [2.05, 4.69) is 0 Å². The second kappa shape index (κ2) is 3.18. The van der Waals surface area contributed by atoms with Crippen LogP contribution in [0.4, 0.5) is 0 Å².